The van der Waals surface area contributed by atoms with Gasteiger partial charge in [-0.2, -0.15) is 0 Å². The summed E-state index contributed by atoms with van der Waals surface area (Å²) in [6, 6.07) is 10.4. The van der Waals surface area contributed by atoms with E-state index in [0.29, 0.717) is 5.56 Å². The highest BCUT2D eigenvalue weighted by atomic mass is 32.2. The van der Waals surface area contributed by atoms with E-state index >= 15 is 0 Å². The minimum Gasteiger partial charge on any atom is -0.507 e. The number of rotatable bonds is 6. The maximum absolute atomic E-state index is 12.9. The highest BCUT2D eigenvalue weighted by molar-refractivity contribution is 8.27. The highest BCUT2D eigenvalue weighted by Gasteiger charge is 2.34. The Morgan fingerprint density at radius 1 is 1.20 bits per heavy atom. The van der Waals surface area contributed by atoms with Crippen molar-refractivity contribution in [2.45, 2.75) is 13.0 Å². The Balaban J connectivity index is 1.94. The van der Waals surface area contributed by atoms with Crippen molar-refractivity contribution in [3.63, 3.8) is 0 Å². The van der Waals surface area contributed by atoms with Gasteiger partial charge in [-0.1, -0.05) is 42.2 Å². The molecule has 2 aromatic carbocycles. The second kappa shape index (κ2) is 8.56. The molecule has 0 saturated carbocycles. The Morgan fingerprint density at radius 3 is 2.57 bits per heavy atom. The molecule has 0 spiro atoms. The van der Waals surface area contributed by atoms with E-state index in [-0.39, 0.29) is 26.2 Å². The van der Waals surface area contributed by atoms with E-state index in [4.69, 9.17) is 22.1 Å². The number of hydrogen-bond donors (Lipinski definition) is 3. The first-order valence-electron chi connectivity index (χ1n) is 8.51. The number of thioether (sulfide) groups is 1. The van der Waals surface area contributed by atoms with Gasteiger partial charge in [0, 0.05) is 5.56 Å². The van der Waals surface area contributed by atoms with E-state index in [1.807, 2.05) is 0 Å². The number of aromatic carboxylic acids is 1. The van der Waals surface area contributed by atoms with Gasteiger partial charge in [0.05, 0.1) is 10.6 Å². The van der Waals surface area contributed by atoms with Crippen molar-refractivity contribution in [1.29, 1.82) is 0 Å². The summed E-state index contributed by atoms with van der Waals surface area (Å²) in [5.41, 5.74) is 0.343. The molecule has 1 amide bonds. The van der Waals surface area contributed by atoms with Crippen molar-refractivity contribution >= 4 is 57.9 Å². The molecule has 0 radical (unpaired) electrons. The third-order valence-electron chi connectivity index (χ3n) is 4.12. The van der Waals surface area contributed by atoms with Crippen LogP contribution in [0.3, 0.4) is 0 Å². The molecule has 1 heterocycles. The second-order valence-corrected chi connectivity index (χ2v) is 7.84. The predicted molar refractivity (Wildman–Crippen MR) is 115 cm³/mol. The number of hydrogen-bond acceptors (Lipinski definition) is 7. The molecule has 154 valence electrons. The van der Waals surface area contributed by atoms with Crippen LogP contribution in [0.5, 0.6) is 11.5 Å². The molecule has 3 rings (SSSR count). The summed E-state index contributed by atoms with van der Waals surface area (Å²) in [6.07, 6.45) is 0.447. The number of ether oxygens (including phenoxy) is 1. The van der Waals surface area contributed by atoms with Crippen molar-refractivity contribution < 1.29 is 34.4 Å². The largest absolute Gasteiger partial charge is 0.507 e. The van der Waals surface area contributed by atoms with Crippen molar-refractivity contribution in [3.05, 3.63) is 58.5 Å². The Kier molecular flexibility index (Phi) is 6.09. The molecule has 1 atom stereocenters. The molecular weight excluding hydrogens is 430 g/mol. The molecule has 1 unspecified atom stereocenters. The quantitative estimate of drug-likeness (QED) is 0.453. The van der Waals surface area contributed by atoms with Crippen LogP contribution in [0.1, 0.15) is 22.8 Å². The van der Waals surface area contributed by atoms with Crippen LogP contribution in [-0.4, -0.2) is 43.6 Å². The van der Waals surface area contributed by atoms with Crippen molar-refractivity contribution in [2.24, 2.45) is 0 Å². The van der Waals surface area contributed by atoms with E-state index in [0.717, 1.165) is 17.8 Å². The van der Waals surface area contributed by atoms with Gasteiger partial charge in [-0.05, 0) is 37.3 Å². The second-order valence-electron chi connectivity index (χ2n) is 6.16. The van der Waals surface area contributed by atoms with Gasteiger partial charge in [0.15, 0.2) is 10.4 Å². The van der Waals surface area contributed by atoms with E-state index < -0.39 is 29.7 Å². The molecule has 0 aliphatic carbocycles. The van der Waals surface area contributed by atoms with Gasteiger partial charge in [0.1, 0.15) is 17.1 Å². The molecular formula is C20H15NO7S2. The van der Waals surface area contributed by atoms with Gasteiger partial charge in [-0.3, -0.25) is 9.69 Å². The van der Waals surface area contributed by atoms with Gasteiger partial charge < -0.3 is 20.1 Å². The van der Waals surface area contributed by atoms with Crippen LogP contribution in [0.15, 0.2) is 47.4 Å². The normalized spacial score (nSPS) is 16.0. The molecule has 1 aliphatic rings. The number of carbonyl (C=O) groups excluding carboxylic acids is 1. The summed E-state index contributed by atoms with van der Waals surface area (Å²) in [4.78, 5) is 36.7. The van der Waals surface area contributed by atoms with Crippen molar-refractivity contribution in [1.82, 2.24) is 0 Å². The van der Waals surface area contributed by atoms with Crippen molar-refractivity contribution in [3.8, 4) is 11.5 Å². The Hall–Kier alpha value is -3.37. The molecule has 0 bridgehead atoms. The van der Waals surface area contributed by atoms with Gasteiger partial charge >= 0.3 is 11.9 Å². The summed E-state index contributed by atoms with van der Waals surface area (Å²) in [5, 5.41) is 27.9. The number of carboxylic acid groups (broad SMARTS) is 2. The fourth-order valence-electron chi connectivity index (χ4n) is 2.61. The summed E-state index contributed by atoms with van der Waals surface area (Å²) < 4.78 is 5.63. The van der Waals surface area contributed by atoms with Crippen LogP contribution >= 0.6 is 24.0 Å². The van der Waals surface area contributed by atoms with Crippen LogP contribution in [-0.2, 0) is 9.59 Å². The number of benzene rings is 2. The number of aromatic hydroxyl groups is 1. The predicted octanol–water partition coefficient (Wildman–Crippen LogP) is 3.35. The average Bonchev–Trinajstić information content (AvgIpc) is 2.96. The first kappa shape index (κ1) is 21.3. The minimum atomic E-state index is -1.34. The molecule has 8 nitrogen and oxygen atoms in total. The van der Waals surface area contributed by atoms with E-state index in [2.05, 4.69) is 0 Å². The van der Waals surface area contributed by atoms with Crippen LogP contribution < -0.4 is 9.64 Å². The third kappa shape index (κ3) is 4.29. The number of anilines is 1. The van der Waals surface area contributed by atoms with E-state index in [1.54, 1.807) is 24.3 Å². The number of aliphatic carboxylic acids is 1. The maximum Gasteiger partial charge on any atom is 0.344 e. The lowest BCUT2D eigenvalue weighted by molar-refractivity contribution is -0.144. The SMILES string of the molecule is CC(Oc1ccccc1/C=C1\SC(=S)N(c2ccc(O)c(C(=O)O)c2)C1=O)C(=O)O. The number of para-hydroxylation sites is 1. The molecule has 3 N–H and O–H groups in total. The zero-order valence-electron chi connectivity index (χ0n) is 15.4. The van der Waals surface area contributed by atoms with Gasteiger partial charge in [0.25, 0.3) is 5.91 Å². The zero-order valence-corrected chi connectivity index (χ0v) is 17.1. The summed E-state index contributed by atoms with van der Waals surface area (Å²) in [5.74, 6) is -3.08. The van der Waals surface area contributed by atoms with Gasteiger partial charge in [-0.25, -0.2) is 9.59 Å². The smallest absolute Gasteiger partial charge is 0.344 e. The van der Waals surface area contributed by atoms with E-state index in [9.17, 15) is 24.6 Å². The monoisotopic (exact) mass is 445 g/mol. The summed E-state index contributed by atoms with van der Waals surface area (Å²) >= 11 is 6.29. The zero-order chi connectivity index (χ0) is 22.0. The maximum atomic E-state index is 12.9. The number of carbonyl (C=O) groups is 3. The number of nitrogens with zero attached hydrogens (tertiary/aromatic N) is 1. The molecule has 1 saturated heterocycles. The average molecular weight is 445 g/mol. The number of phenols is 1. The Labute approximate surface area is 180 Å². The first-order chi connectivity index (χ1) is 14.2. The number of carboxylic acids is 2. The lowest BCUT2D eigenvalue weighted by Gasteiger charge is -2.15. The van der Waals surface area contributed by atoms with Gasteiger partial charge in [0.2, 0.25) is 0 Å². The number of thiocarbonyl (C=S) groups is 1. The standard InChI is InChI=1S/C20H15NO7S2/c1-10(18(24)25)28-15-5-3-2-4-11(15)8-16-17(23)21(20(29)30-16)12-6-7-14(22)13(9-12)19(26)27/h2-10,22H,1H3,(H,24,25)(H,26,27)/b16-8-. The molecule has 30 heavy (non-hydrogen) atoms. The minimum absolute atomic E-state index is 0.186. The fourth-order valence-corrected chi connectivity index (χ4v) is 3.90. The Morgan fingerprint density at radius 2 is 1.90 bits per heavy atom. The Bertz CT molecular complexity index is 1100. The molecule has 2 aromatic rings. The lowest BCUT2D eigenvalue weighted by Crippen LogP contribution is -2.27. The first-order valence-corrected chi connectivity index (χ1v) is 9.74. The van der Waals surface area contributed by atoms with Crippen LogP contribution in [0.2, 0.25) is 0 Å². The van der Waals surface area contributed by atoms with Crippen molar-refractivity contribution in [2.75, 3.05) is 4.90 Å². The summed E-state index contributed by atoms with van der Waals surface area (Å²) in [6.45, 7) is 1.39. The molecule has 0 aromatic heterocycles. The number of amides is 1. The van der Waals surface area contributed by atoms with Gasteiger partial charge in [-0.15, -0.1) is 0 Å². The van der Waals surface area contributed by atoms with Crippen LogP contribution in [0.25, 0.3) is 6.08 Å². The van der Waals surface area contributed by atoms with Crippen LogP contribution in [0, 0.1) is 0 Å². The highest BCUT2D eigenvalue weighted by Crippen LogP contribution is 2.38. The molecule has 1 aliphatic heterocycles. The van der Waals surface area contributed by atoms with E-state index in [1.165, 1.54) is 30.0 Å². The molecule has 10 heteroatoms. The lowest BCUT2D eigenvalue weighted by atomic mass is 10.1. The molecule has 1 fully saturated rings. The van der Waals surface area contributed by atoms with Crippen LogP contribution in [0.4, 0.5) is 5.69 Å². The summed E-state index contributed by atoms with van der Waals surface area (Å²) in [7, 11) is 0. The fraction of sp³-hybridized carbons (Fsp3) is 0.100. The topological polar surface area (TPSA) is 124 Å². The third-order valence-corrected chi connectivity index (χ3v) is 5.42.